The maximum absolute atomic E-state index is 9.56. The van der Waals surface area contributed by atoms with Gasteiger partial charge in [0.1, 0.15) is 11.0 Å². The van der Waals surface area contributed by atoms with Gasteiger partial charge in [0.25, 0.3) is 0 Å². The monoisotopic (exact) mass is 213 g/mol. The number of para-hydroxylation sites is 1. The molecule has 0 saturated heterocycles. The highest BCUT2D eigenvalue weighted by Gasteiger charge is 1.98. The lowest BCUT2D eigenvalue weighted by Gasteiger charge is -1.87. The van der Waals surface area contributed by atoms with Crippen molar-refractivity contribution in [1.29, 1.82) is 0 Å². The van der Waals surface area contributed by atoms with Crippen LogP contribution in [-0.2, 0) is 11.2 Å². The van der Waals surface area contributed by atoms with Gasteiger partial charge in [0.05, 0.1) is 12.5 Å². The van der Waals surface area contributed by atoms with Crippen LogP contribution in [-0.4, -0.2) is 37.4 Å². The van der Waals surface area contributed by atoms with E-state index in [4.69, 9.17) is 5.21 Å². The van der Waals surface area contributed by atoms with Gasteiger partial charge in [-0.1, -0.05) is 28.2 Å². The summed E-state index contributed by atoms with van der Waals surface area (Å²) in [5, 5.41) is 16.1. The smallest absolute Gasteiger partial charge is 0.130 e. The first kappa shape index (κ1) is 10.8. The van der Waals surface area contributed by atoms with E-state index in [0.717, 1.165) is 4.85 Å². The van der Waals surface area contributed by atoms with E-state index in [1.54, 1.807) is 24.6 Å². The highest BCUT2D eigenvalue weighted by molar-refractivity contribution is 7.89. The number of nitrogens with zero attached hydrogens (tertiary/aromatic N) is 3. The van der Waals surface area contributed by atoms with E-state index in [9.17, 15) is 4.55 Å². The number of rotatable bonds is 0. The molecule has 5 nitrogen and oxygen atoms in total. The van der Waals surface area contributed by atoms with Crippen molar-refractivity contribution in [3.63, 3.8) is 0 Å². The van der Waals surface area contributed by atoms with Crippen LogP contribution < -0.4 is 0 Å². The summed E-state index contributed by atoms with van der Waals surface area (Å²) in [5.74, 6) is 0. The third kappa shape index (κ3) is 2.90. The zero-order valence-corrected chi connectivity index (χ0v) is 8.73. The molecule has 6 heteroatoms. The fraction of sp³-hybridized carbons (Fsp3) is 0.250. The van der Waals surface area contributed by atoms with Gasteiger partial charge < -0.3 is 9.76 Å². The second-order valence-corrected chi connectivity index (χ2v) is 4.19. The summed E-state index contributed by atoms with van der Waals surface area (Å²) in [4.78, 5) is 0.759. The molecule has 2 rings (SSSR count). The van der Waals surface area contributed by atoms with Gasteiger partial charge in [0.2, 0.25) is 0 Å². The SMILES string of the molecule is C[S+](C)[O-].On1nnc2ccccc21. The maximum Gasteiger partial charge on any atom is 0.130 e. The molecule has 1 heterocycles. The van der Waals surface area contributed by atoms with Gasteiger partial charge >= 0.3 is 0 Å². The lowest BCUT2D eigenvalue weighted by molar-refractivity contribution is 0.155. The first-order chi connectivity index (χ1) is 6.61. The summed E-state index contributed by atoms with van der Waals surface area (Å²) < 4.78 is 9.56. The standard InChI is InChI=1S/C6H5N3O.C2H6OS/c10-9-6-4-2-1-3-5(6)7-8-9;1-4(2)3/h1-4,10H;1-2H3. The molecule has 0 aliphatic heterocycles. The molecular weight excluding hydrogens is 202 g/mol. The zero-order chi connectivity index (χ0) is 10.6. The number of hydrogen-bond donors (Lipinski definition) is 1. The molecule has 0 bridgehead atoms. The van der Waals surface area contributed by atoms with Crippen molar-refractivity contribution in [1.82, 2.24) is 15.2 Å². The summed E-state index contributed by atoms with van der Waals surface area (Å²) in [6.07, 6.45) is 3.28. The summed E-state index contributed by atoms with van der Waals surface area (Å²) in [6, 6.07) is 7.19. The molecule has 0 unspecified atom stereocenters. The van der Waals surface area contributed by atoms with Crippen molar-refractivity contribution in [2.24, 2.45) is 0 Å². The fourth-order valence-electron chi connectivity index (χ4n) is 0.857. The molecule has 0 fully saturated rings. The first-order valence-electron chi connectivity index (χ1n) is 3.86. The minimum Gasteiger partial charge on any atom is -0.617 e. The van der Waals surface area contributed by atoms with Crippen molar-refractivity contribution in [3.05, 3.63) is 24.3 Å². The fourth-order valence-corrected chi connectivity index (χ4v) is 0.857. The van der Waals surface area contributed by atoms with E-state index in [1.807, 2.05) is 12.1 Å². The number of benzene rings is 1. The Hall–Kier alpha value is -1.27. The van der Waals surface area contributed by atoms with Crippen molar-refractivity contribution in [2.45, 2.75) is 0 Å². The Balaban J connectivity index is 0.000000213. The average molecular weight is 213 g/mol. The molecule has 14 heavy (non-hydrogen) atoms. The van der Waals surface area contributed by atoms with Crippen LogP contribution in [0.3, 0.4) is 0 Å². The van der Waals surface area contributed by atoms with Crippen LogP contribution in [0.2, 0.25) is 0 Å². The number of hydrogen-bond acceptors (Lipinski definition) is 4. The largest absolute Gasteiger partial charge is 0.617 e. The predicted molar refractivity (Wildman–Crippen MR) is 54.7 cm³/mol. The molecule has 2 aromatic rings. The summed E-state index contributed by atoms with van der Waals surface area (Å²) in [7, 11) is 0. The summed E-state index contributed by atoms with van der Waals surface area (Å²) in [6.45, 7) is 0. The molecule has 0 amide bonds. The Bertz CT molecular complexity index is 399. The van der Waals surface area contributed by atoms with Crippen molar-refractivity contribution in [3.8, 4) is 0 Å². The molecule has 1 aromatic carbocycles. The van der Waals surface area contributed by atoms with E-state index < -0.39 is 11.2 Å². The van der Waals surface area contributed by atoms with Crippen molar-refractivity contribution in [2.75, 3.05) is 12.5 Å². The number of fused-ring (bicyclic) bond motifs is 1. The van der Waals surface area contributed by atoms with Gasteiger partial charge in [0.15, 0.2) is 0 Å². The van der Waals surface area contributed by atoms with Gasteiger partial charge in [-0.25, -0.2) is 0 Å². The number of aromatic nitrogens is 3. The third-order valence-electron chi connectivity index (χ3n) is 1.33. The van der Waals surface area contributed by atoms with Gasteiger partial charge in [-0.05, 0) is 17.3 Å². The quantitative estimate of drug-likeness (QED) is 0.515. The topological polar surface area (TPSA) is 74.0 Å². The lowest BCUT2D eigenvalue weighted by Crippen LogP contribution is -1.90. The van der Waals surface area contributed by atoms with Crippen LogP contribution in [0, 0.1) is 0 Å². The van der Waals surface area contributed by atoms with Crippen molar-refractivity contribution >= 4 is 22.2 Å². The van der Waals surface area contributed by atoms with Crippen LogP contribution in [0.5, 0.6) is 0 Å². The highest BCUT2D eigenvalue weighted by Crippen LogP contribution is 2.06. The Morgan fingerprint density at radius 1 is 1.36 bits per heavy atom. The summed E-state index contributed by atoms with van der Waals surface area (Å²) >= 11 is -0.611. The van der Waals surface area contributed by atoms with Gasteiger partial charge in [-0.2, -0.15) is 0 Å². The molecule has 1 aromatic heterocycles. The predicted octanol–water partition coefficient (Wildman–Crippen LogP) is 0.663. The molecule has 0 aliphatic rings. The lowest BCUT2D eigenvalue weighted by atomic mass is 10.3. The molecule has 76 valence electrons. The van der Waals surface area contributed by atoms with E-state index in [1.165, 1.54) is 0 Å². The van der Waals surface area contributed by atoms with Crippen LogP contribution in [0.1, 0.15) is 0 Å². The van der Waals surface area contributed by atoms with Crippen LogP contribution in [0.15, 0.2) is 24.3 Å². The van der Waals surface area contributed by atoms with Crippen LogP contribution >= 0.6 is 0 Å². The Labute approximate surface area is 84.5 Å². The highest BCUT2D eigenvalue weighted by atomic mass is 32.2. The maximum atomic E-state index is 9.56. The van der Waals surface area contributed by atoms with Gasteiger partial charge in [-0.3, -0.25) is 0 Å². The molecule has 1 N–H and O–H groups in total. The van der Waals surface area contributed by atoms with Crippen LogP contribution in [0.4, 0.5) is 0 Å². The van der Waals surface area contributed by atoms with Gasteiger partial charge in [0, 0.05) is 0 Å². The zero-order valence-electron chi connectivity index (χ0n) is 7.91. The minimum atomic E-state index is -0.611. The van der Waals surface area contributed by atoms with Crippen LogP contribution in [0.25, 0.3) is 11.0 Å². The minimum absolute atomic E-state index is 0.611. The normalized spacial score (nSPS) is 10.0. The second-order valence-electron chi connectivity index (χ2n) is 2.71. The van der Waals surface area contributed by atoms with E-state index >= 15 is 0 Å². The summed E-state index contributed by atoms with van der Waals surface area (Å²) in [5.41, 5.74) is 1.33. The molecular formula is C8H11N3O2S. The molecule has 0 saturated carbocycles. The third-order valence-corrected chi connectivity index (χ3v) is 1.33. The van der Waals surface area contributed by atoms with Gasteiger partial charge in [-0.15, -0.1) is 5.10 Å². The van der Waals surface area contributed by atoms with E-state index in [0.29, 0.717) is 11.0 Å². The Morgan fingerprint density at radius 3 is 2.50 bits per heavy atom. The molecule has 0 aliphatic carbocycles. The van der Waals surface area contributed by atoms with E-state index in [-0.39, 0.29) is 0 Å². The average Bonchev–Trinajstić information content (AvgIpc) is 2.48. The second kappa shape index (κ2) is 4.83. The molecule has 0 radical (unpaired) electrons. The van der Waals surface area contributed by atoms with Crippen molar-refractivity contribution < 1.29 is 9.76 Å². The Morgan fingerprint density at radius 2 is 1.93 bits per heavy atom. The first-order valence-corrected chi connectivity index (χ1v) is 5.82. The Kier molecular flexibility index (Phi) is 3.73. The molecule has 0 spiro atoms. The van der Waals surface area contributed by atoms with E-state index in [2.05, 4.69) is 10.3 Å². The molecule has 0 atom stereocenters.